The summed E-state index contributed by atoms with van der Waals surface area (Å²) < 4.78 is 65.2. The fourth-order valence-electron chi connectivity index (χ4n) is 2.87. The highest BCUT2D eigenvalue weighted by Crippen LogP contribution is 2.43. The van der Waals surface area contributed by atoms with Gasteiger partial charge in [0.05, 0.1) is 4.90 Å². The molecule has 0 atom stereocenters. The van der Waals surface area contributed by atoms with Crippen molar-refractivity contribution in [2.24, 2.45) is 5.14 Å². The summed E-state index contributed by atoms with van der Waals surface area (Å²) in [5, 5.41) is 9.61. The second-order valence-electron chi connectivity index (χ2n) is 5.96. The van der Waals surface area contributed by atoms with Gasteiger partial charge in [-0.15, -0.1) is 0 Å². The van der Waals surface area contributed by atoms with Crippen molar-refractivity contribution >= 4 is 21.6 Å². The van der Waals surface area contributed by atoms with Crippen LogP contribution in [0.4, 0.5) is 13.2 Å². The molecular weight excluding hydrogens is 415 g/mol. The number of rotatable bonds is 4. The molecule has 3 aromatic rings. The van der Waals surface area contributed by atoms with Gasteiger partial charge in [0.15, 0.2) is 5.69 Å². The van der Waals surface area contributed by atoms with Crippen LogP contribution >= 0.6 is 11.6 Å². The number of sulfonamides is 1. The number of primary sulfonamides is 1. The highest BCUT2D eigenvalue weighted by Gasteiger charge is 2.40. The van der Waals surface area contributed by atoms with Crippen molar-refractivity contribution in [2.45, 2.75) is 24.5 Å². The van der Waals surface area contributed by atoms with E-state index in [1.54, 1.807) is 6.92 Å². The number of halogens is 4. The molecule has 0 bridgehead atoms. The number of aromatic nitrogens is 2. The summed E-state index contributed by atoms with van der Waals surface area (Å²) in [4.78, 5) is -0.143. The lowest BCUT2D eigenvalue weighted by molar-refractivity contribution is -0.143. The van der Waals surface area contributed by atoms with Crippen molar-refractivity contribution in [1.29, 1.82) is 0 Å². The van der Waals surface area contributed by atoms with Crippen molar-refractivity contribution < 1.29 is 21.6 Å². The first-order valence-electron chi connectivity index (χ1n) is 8.09. The fraction of sp³-hybridized carbons (Fsp3) is 0.167. The van der Waals surface area contributed by atoms with Gasteiger partial charge in [-0.2, -0.15) is 18.3 Å². The van der Waals surface area contributed by atoms with Crippen LogP contribution in [0, 0.1) is 0 Å². The zero-order valence-corrected chi connectivity index (χ0v) is 16.1. The topological polar surface area (TPSA) is 78.0 Å². The average Bonchev–Trinajstić information content (AvgIpc) is 3.02. The number of hydrogen-bond donors (Lipinski definition) is 1. The number of nitrogens with zero attached hydrogens (tertiary/aromatic N) is 2. The molecule has 1 aromatic heterocycles. The van der Waals surface area contributed by atoms with E-state index in [0.29, 0.717) is 16.1 Å². The normalized spacial score (nSPS) is 12.4. The Hall–Kier alpha value is -2.36. The van der Waals surface area contributed by atoms with Crippen LogP contribution < -0.4 is 5.14 Å². The van der Waals surface area contributed by atoms with Gasteiger partial charge in [0.2, 0.25) is 10.0 Å². The fourth-order valence-corrected chi connectivity index (χ4v) is 3.51. The van der Waals surface area contributed by atoms with Crippen LogP contribution in [0.1, 0.15) is 12.6 Å². The summed E-state index contributed by atoms with van der Waals surface area (Å²) >= 11 is 5.87. The Morgan fingerprint density at radius 2 is 1.57 bits per heavy atom. The summed E-state index contributed by atoms with van der Waals surface area (Å²) in [5.41, 5.74) is -0.285. The van der Waals surface area contributed by atoms with E-state index in [1.165, 1.54) is 48.5 Å². The van der Waals surface area contributed by atoms with Gasteiger partial charge >= 0.3 is 6.18 Å². The molecule has 28 heavy (non-hydrogen) atoms. The smallest absolute Gasteiger partial charge is 0.260 e. The summed E-state index contributed by atoms with van der Waals surface area (Å²) in [6, 6.07) is 11.2. The molecule has 0 fully saturated rings. The Labute approximate surface area is 164 Å². The predicted octanol–water partition coefficient (Wildman–Crippen LogP) is 4.56. The van der Waals surface area contributed by atoms with Crippen molar-refractivity contribution in [1.82, 2.24) is 9.78 Å². The molecule has 5 nitrogen and oxygen atoms in total. The number of aryl methyl sites for hydroxylation is 1. The maximum atomic E-state index is 13.8. The molecule has 2 aromatic carbocycles. The van der Waals surface area contributed by atoms with Crippen molar-refractivity contribution in [3.05, 3.63) is 59.2 Å². The molecule has 0 aliphatic rings. The van der Waals surface area contributed by atoms with Crippen LogP contribution in [0.2, 0.25) is 5.02 Å². The van der Waals surface area contributed by atoms with Gasteiger partial charge in [-0.3, -0.25) is 4.68 Å². The monoisotopic (exact) mass is 429 g/mol. The predicted molar refractivity (Wildman–Crippen MR) is 100 cm³/mol. The van der Waals surface area contributed by atoms with Crippen molar-refractivity contribution in [3.8, 4) is 22.4 Å². The van der Waals surface area contributed by atoms with Gasteiger partial charge in [-0.25, -0.2) is 13.6 Å². The second kappa shape index (κ2) is 7.23. The highest BCUT2D eigenvalue weighted by molar-refractivity contribution is 7.89. The standard InChI is InChI=1S/C18H15ClF3N3O2S/c1-2-25-17(18(20,21)22)15(11-3-7-13(19)8-4-11)16(24-25)12-5-9-14(10-6-12)28(23,26)27/h3-10H,2H2,1H3,(H2,23,26,27). The Bertz CT molecular complexity index is 1110. The van der Waals surface area contributed by atoms with E-state index in [2.05, 4.69) is 5.10 Å². The number of nitrogens with two attached hydrogens (primary N) is 1. The lowest BCUT2D eigenvalue weighted by Crippen LogP contribution is -2.14. The SMILES string of the molecule is CCn1nc(-c2ccc(S(N)(=O)=O)cc2)c(-c2ccc(Cl)cc2)c1C(F)(F)F. The largest absolute Gasteiger partial charge is 0.433 e. The van der Waals surface area contributed by atoms with Gasteiger partial charge in [-0.05, 0) is 36.8 Å². The van der Waals surface area contributed by atoms with Gasteiger partial charge in [0.25, 0.3) is 0 Å². The maximum absolute atomic E-state index is 13.8. The lowest BCUT2D eigenvalue weighted by atomic mass is 9.98. The third kappa shape index (κ3) is 3.91. The summed E-state index contributed by atoms with van der Waals surface area (Å²) in [5.74, 6) is 0. The van der Waals surface area contributed by atoms with Crippen molar-refractivity contribution in [2.75, 3.05) is 0 Å². The number of hydrogen-bond acceptors (Lipinski definition) is 3. The number of benzene rings is 2. The molecule has 3 rings (SSSR count). The first kappa shape index (κ1) is 20.4. The number of alkyl halides is 3. The van der Waals surface area contributed by atoms with E-state index < -0.39 is 21.9 Å². The summed E-state index contributed by atoms with van der Waals surface area (Å²) in [7, 11) is -3.92. The van der Waals surface area contributed by atoms with E-state index in [0.717, 1.165) is 4.68 Å². The van der Waals surface area contributed by atoms with Gasteiger partial charge in [0.1, 0.15) is 5.69 Å². The molecule has 0 unspecified atom stereocenters. The first-order chi connectivity index (χ1) is 13.0. The molecule has 1 heterocycles. The zero-order valence-electron chi connectivity index (χ0n) is 14.5. The van der Waals surface area contributed by atoms with E-state index in [1.807, 2.05) is 0 Å². The van der Waals surface area contributed by atoms with Crippen LogP contribution in [-0.2, 0) is 22.7 Å². The summed E-state index contributed by atoms with van der Waals surface area (Å²) in [6.45, 7) is 1.56. The molecule has 0 spiro atoms. The van der Waals surface area contributed by atoms with Crippen LogP contribution in [0.25, 0.3) is 22.4 Å². The van der Waals surface area contributed by atoms with Gasteiger partial charge in [-0.1, -0.05) is 35.9 Å². The minimum Gasteiger partial charge on any atom is -0.260 e. The lowest BCUT2D eigenvalue weighted by Gasteiger charge is -2.12. The average molecular weight is 430 g/mol. The zero-order chi connectivity index (χ0) is 20.7. The molecular formula is C18H15ClF3N3O2S. The molecule has 0 aliphatic heterocycles. The molecule has 0 saturated heterocycles. The molecule has 148 valence electrons. The van der Waals surface area contributed by atoms with Crippen LogP contribution in [-0.4, -0.2) is 18.2 Å². The molecule has 0 saturated carbocycles. The van der Waals surface area contributed by atoms with Gasteiger partial charge < -0.3 is 0 Å². The minimum atomic E-state index is -4.64. The van der Waals surface area contributed by atoms with E-state index in [-0.39, 0.29) is 22.7 Å². The Kier molecular flexibility index (Phi) is 5.26. The minimum absolute atomic E-state index is 0.00466. The third-order valence-corrected chi connectivity index (χ3v) is 5.29. The molecule has 0 amide bonds. The van der Waals surface area contributed by atoms with Gasteiger partial charge in [0, 0.05) is 22.7 Å². The van der Waals surface area contributed by atoms with Crippen molar-refractivity contribution in [3.63, 3.8) is 0 Å². The quantitative estimate of drug-likeness (QED) is 0.660. The second-order valence-corrected chi connectivity index (χ2v) is 7.96. The molecule has 0 radical (unpaired) electrons. The molecule has 10 heteroatoms. The van der Waals surface area contributed by atoms with E-state index >= 15 is 0 Å². The Morgan fingerprint density at radius 1 is 1.04 bits per heavy atom. The third-order valence-electron chi connectivity index (χ3n) is 4.11. The van der Waals surface area contributed by atoms with E-state index in [4.69, 9.17) is 16.7 Å². The van der Waals surface area contributed by atoms with Crippen LogP contribution in [0.5, 0.6) is 0 Å². The molecule has 2 N–H and O–H groups in total. The van der Waals surface area contributed by atoms with E-state index in [9.17, 15) is 21.6 Å². The first-order valence-corrected chi connectivity index (χ1v) is 10.0. The van der Waals surface area contributed by atoms with Crippen LogP contribution in [0.15, 0.2) is 53.4 Å². The summed E-state index contributed by atoms with van der Waals surface area (Å²) in [6.07, 6.45) is -4.64. The Morgan fingerprint density at radius 3 is 2.04 bits per heavy atom. The van der Waals surface area contributed by atoms with Crippen LogP contribution in [0.3, 0.4) is 0 Å². The maximum Gasteiger partial charge on any atom is 0.433 e. The Balaban J connectivity index is 2.29. The highest BCUT2D eigenvalue weighted by atomic mass is 35.5. The molecule has 0 aliphatic carbocycles.